The van der Waals surface area contributed by atoms with Crippen molar-refractivity contribution in [1.82, 2.24) is 9.62 Å². The number of aliphatic hydroxyl groups is 2. The molecule has 11 nitrogen and oxygen atoms in total. The van der Waals surface area contributed by atoms with Gasteiger partial charge in [0.05, 0.1) is 36.2 Å². The second kappa shape index (κ2) is 15.5. The summed E-state index contributed by atoms with van der Waals surface area (Å²) in [4.78, 5) is 13.0. The van der Waals surface area contributed by atoms with Crippen LogP contribution in [0.25, 0.3) is 0 Å². The van der Waals surface area contributed by atoms with Crippen molar-refractivity contribution in [2.24, 2.45) is 11.8 Å². The molecule has 12 heteroatoms. The summed E-state index contributed by atoms with van der Waals surface area (Å²) < 4.78 is 44.9. The first-order chi connectivity index (χ1) is 19.5. The van der Waals surface area contributed by atoms with Crippen LogP contribution in [0, 0.1) is 11.8 Å². The van der Waals surface area contributed by atoms with E-state index in [4.69, 9.17) is 25.1 Å². The Balaban J connectivity index is 0.00000147. The van der Waals surface area contributed by atoms with Crippen LogP contribution < -0.4 is 11.1 Å². The van der Waals surface area contributed by atoms with E-state index >= 15 is 0 Å². The van der Waals surface area contributed by atoms with Crippen LogP contribution in [0.15, 0.2) is 59.5 Å². The molecular formula is C29H43N3O8S. The molecule has 2 aliphatic heterocycles. The quantitative estimate of drug-likeness (QED) is 0.287. The monoisotopic (exact) mass is 593 g/mol. The number of anilines is 1. The lowest BCUT2D eigenvalue weighted by Gasteiger charge is -2.31. The lowest BCUT2D eigenvalue weighted by Crippen LogP contribution is -2.51. The first kappa shape index (κ1) is 32.8. The zero-order valence-corrected chi connectivity index (χ0v) is 24.7. The number of hydrogen-bond donors (Lipinski definition) is 4. The summed E-state index contributed by atoms with van der Waals surface area (Å²) in [5, 5.41) is 21.7. The molecule has 2 aliphatic rings. The van der Waals surface area contributed by atoms with Crippen molar-refractivity contribution >= 4 is 21.8 Å². The molecule has 2 heterocycles. The van der Waals surface area contributed by atoms with E-state index in [1.54, 1.807) is 6.92 Å². The number of alkyl carbamates (subject to hydrolysis) is 1. The summed E-state index contributed by atoms with van der Waals surface area (Å²) in [6.07, 6.45) is -1.69. The highest BCUT2D eigenvalue weighted by molar-refractivity contribution is 7.89. The molecule has 0 aromatic heterocycles. The zero-order chi connectivity index (χ0) is 30.0. The molecule has 5 atom stereocenters. The molecule has 41 heavy (non-hydrogen) atoms. The van der Waals surface area contributed by atoms with Crippen molar-refractivity contribution in [3.05, 3.63) is 60.2 Å². The minimum Gasteiger partial charge on any atom is -0.443 e. The third-order valence-corrected chi connectivity index (χ3v) is 8.63. The predicted molar refractivity (Wildman–Crippen MR) is 154 cm³/mol. The van der Waals surface area contributed by atoms with Crippen LogP contribution >= 0.6 is 0 Å². The minimum absolute atomic E-state index is 0.000183. The van der Waals surface area contributed by atoms with Crippen molar-refractivity contribution in [2.45, 2.75) is 63.0 Å². The average molecular weight is 594 g/mol. The number of nitrogen functional groups attached to an aromatic ring is 1. The van der Waals surface area contributed by atoms with Gasteiger partial charge in [0.1, 0.15) is 6.10 Å². The summed E-state index contributed by atoms with van der Waals surface area (Å²) in [5.74, 6) is -0.0231. The van der Waals surface area contributed by atoms with Crippen molar-refractivity contribution in [3.8, 4) is 0 Å². The van der Waals surface area contributed by atoms with Gasteiger partial charge in [-0.25, -0.2) is 13.2 Å². The number of nitrogens with zero attached hydrogens (tertiary/aromatic N) is 1. The SMILES string of the molecule is CC(C)CN(C[C@H](O)[C@@H](Cc1ccccc1)NC(=O)O[C@@H]1CO[C@H]2OCC[C@H]21)S(=O)(=O)c1ccc(N)cc1.CCO. The Morgan fingerprint density at radius 1 is 1.12 bits per heavy atom. The molecule has 0 saturated carbocycles. The highest BCUT2D eigenvalue weighted by Crippen LogP contribution is 2.33. The lowest BCUT2D eigenvalue weighted by molar-refractivity contribution is -0.0907. The maximum absolute atomic E-state index is 13.5. The number of amides is 1. The fourth-order valence-corrected chi connectivity index (χ4v) is 6.45. The van der Waals surface area contributed by atoms with Crippen molar-refractivity contribution in [2.75, 3.05) is 38.6 Å². The van der Waals surface area contributed by atoms with Gasteiger partial charge in [-0.15, -0.1) is 0 Å². The zero-order valence-electron chi connectivity index (χ0n) is 23.9. The molecule has 2 aromatic rings. The molecule has 2 fully saturated rings. The van der Waals surface area contributed by atoms with Gasteiger partial charge in [-0.1, -0.05) is 44.2 Å². The van der Waals surface area contributed by atoms with Crippen molar-refractivity contribution in [1.29, 1.82) is 0 Å². The van der Waals surface area contributed by atoms with Gasteiger partial charge in [-0.3, -0.25) is 0 Å². The fraction of sp³-hybridized carbons (Fsp3) is 0.552. The molecule has 4 rings (SSSR count). The van der Waals surface area contributed by atoms with Crippen LogP contribution in [0.2, 0.25) is 0 Å². The topological polar surface area (TPSA) is 161 Å². The van der Waals surface area contributed by atoms with Crippen LogP contribution in [0.3, 0.4) is 0 Å². The van der Waals surface area contributed by atoms with E-state index in [1.165, 1.54) is 28.6 Å². The number of rotatable bonds is 11. The second-order valence-electron chi connectivity index (χ2n) is 10.6. The fourth-order valence-electron chi connectivity index (χ4n) is 4.82. The third kappa shape index (κ3) is 9.38. The van der Waals surface area contributed by atoms with E-state index in [9.17, 15) is 18.3 Å². The van der Waals surface area contributed by atoms with E-state index in [1.807, 2.05) is 44.2 Å². The normalized spacial score (nSPS) is 21.6. The van der Waals surface area contributed by atoms with Gasteiger partial charge in [0.25, 0.3) is 0 Å². The van der Waals surface area contributed by atoms with Crippen LogP contribution in [-0.4, -0.2) is 86.5 Å². The predicted octanol–water partition coefficient (Wildman–Crippen LogP) is 2.37. The molecule has 2 saturated heterocycles. The van der Waals surface area contributed by atoms with Crippen LogP contribution in [0.4, 0.5) is 10.5 Å². The summed E-state index contributed by atoms with van der Waals surface area (Å²) in [6.45, 7) is 6.51. The summed E-state index contributed by atoms with van der Waals surface area (Å²) in [7, 11) is -3.93. The van der Waals surface area contributed by atoms with Gasteiger partial charge in [-0.05, 0) is 55.5 Å². The number of fused-ring (bicyclic) bond motifs is 1. The van der Waals surface area contributed by atoms with Gasteiger partial charge in [0, 0.05) is 25.4 Å². The number of carbonyl (C=O) groups excluding carboxylic acids is 1. The van der Waals surface area contributed by atoms with Crippen molar-refractivity contribution in [3.63, 3.8) is 0 Å². The molecule has 5 N–H and O–H groups in total. The number of hydrogen-bond acceptors (Lipinski definition) is 9. The first-order valence-electron chi connectivity index (χ1n) is 13.9. The molecule has 228 valence electrons. The van der Waals surface area contributed by atoms with Gasteiger partial charge >= 0.3 is 6.09 Å². The lowest BCUT2D eigenvalue weighted by atomic mass is 10.0. The minimum atomic E-state index is -3.93. The maximum atomic E-state index is 13.5. The number of sulfonamides is 1. The smallest absolute Gasteiger partial charge is 0.407 e. The number of nitrogens with one attached hydrogen (secondary N) is 1. The number of aliphatic hydroxyl groups excluding tert-OH is 2. The van der Waals surface area contributed by atoms with E-state index in [0.29, 0.717) is 12.3 Å². The first-order valence-corrected chi connectivity index (χ1v) is 15.4. The number of nitrogens with two attached hydrogens (primary N) is 1. The Kier molecular flexibility index (Phi) is 12.4. The molecule has 1 amide bonds. The Hall–Kier alpha value is -2.74. The van der Waals surface area contributed by atoms with Crippen molar-refractivity contribution < 1.29 is 37.6 Å². The van der Waals surface area contributed by atoms with E-state index in [2.05, 4.69) is 5.32 Å². The average Bonchev–Trinajstić information content (AvgIpc) is 3.54. The molecule has 0 spiro atoms. The van der Waals surface area contributed by atoms with Crippen LogP contribution in [0.5, 0.6) is 0 Å². The van der Waals surface area contributed by atoms with Gasteiger partial charge < -0.3 is 35.5 Å². The third-order valence-electron chi connectivity index (χ3n) is 6.79. The van der Waals surface area contributed by atoms with E-state index < -0.39 is 34.4 Å². The molecule has 0 bridgehead atoms. The Morgan fingerprint density at radius 3 is 2.41 bits per heavy atom. The van der Waals surface area contributed by atoms with Gasteiger partial charge in [-0.2, -0.15) is 4.31 Å². The highest BCUT2D eigenvalue weighted by atomic mass is 32.2. The summed E-state index contributed by atoms with van der Waals surface area (Å²) in [6, 6.07) is 14.5. The number of carbonyl (C=O) groups is 1. The second-order valence-corrected chi connectivity index (χ2v) is 12.5. The van der Waals surface area contributed by atoms with Gasteiger partial charge in [0.15, 0.2) is 6.29 Å². The maximum Gasteiger partial charge on any atom is 0.407 e. The standard InChI is InChI=1S/C27H37N3O7S.C2H6O/c1-18(2)15-30(38(33,34)21-10-8-20(28)9-11-21)16-24(31)23(14-19-6-4-3-5-7-19)29-27(32)37-25-17-36-26-22(25)12-13-35-26;1-2-3/h3-11,18,22-26,31H,12-17,28H2,1-2H3,(H,29,32);3H,2H2,1H3/t22-,23+,24-,25+,26+;/m0./s1. The molecule has 2 aromatic carbocycles. The molecule has 0 radical (unpaired) electrons. The van der Waals surface area contributed by atoms with E-state index in [0.717, 1.165) is 12.0 Å². The number of ether oxygens (including phenoxy) is 3. The van der Waals surface area contributed by atoms with E-state index in [-0.39, 0.29) is 55.7 Å². The Morgan fingerprint density at radius 2 is 1.78 bits per heavy atom. The van der Waals surface area contributed by atoms with Gasteiger partial charge in [0.2, 0.25) is 10.0 Å². The number of benzene rings is 2. The summed E-state index contributed by atoms with van der Waals surface area (Å²) in [5.41, 5.74) is 7.07. The highest BCUT2D eigenvalue weighted by Gasteiger charge is 2.44. The van der Waals surface area contributed by atoms with Crippen LogP contribution in [0.1, 0.15) is 32.8 Å². The van der Waals surface area contributed by atoms with Crippen LogP contribution in [-0.2, 0) is 30.7 Å². The largest absolute Gasteiger partial charge is 0.443 e. The molecule has 0 unspecified atom stereocenters. The molecule has 0 aliphatic carbocycles. The Bertz CT molecular complexity index is 1180. The molecular weight excluding hydrogens is 550 g/mol. The summed E-state index contributed by atoms with van der Waals surface area (Å²) >= 11 is 0. The Labute approximate surface area is 242 Å².